The van der Waals surface area contributed by atoms with Crippen molar-refractivity contribution in [2.75, 3.05) is 13.1 Å². The molecule has 0 radical (unpaired) electrons. The molecule has 27 heavy (non-hydrogen) atoms. The summed E-state index contributed by atoms with van der Waals surface area (Å²) in [5.74, 6) is 0.694. The van der Waals surface area contributed by atoms with Gasteiger partial charge in [-0.1, -0.05) is 24.6 Å². The van der Waals surface area contributed by atoms with Crippen molar-refractivity contribution in [2.24, 2.45) is 11.7 Å². The molecule has 1 aliphatic heterocycles. The number of aryl methyl sites for hydroxylation is 1. The fraction of sp³-hybridized carbons (Fsp3) is 0.524. The number of nitrogens with zero attached hydrogens (tertiary/aromatic N) is 3. The summed E-state index contributed by atoms with van der Waals surface area (Å²) in [7, 11) is 0. The smallest absolute Gasteiger partial charge is 0.274 e. The lowest BCUT2D eigenvalue weighted by molar-refractivity contribution is 0.0566. The largest absolute Gasteiger partial charge is 0.333 e. The Hall–Kier alpha value is -1.85. The molecule has 1 saturated heterocycles. The Morgan fingerprint density at radius 3 is 2.70 bits per heavy atom. The Kier molecular flexibility index (Phi) is 5.92. The highest BCUT2D eigenvalue weighted by molar-refractivity contribution is 5.94. The number of carbonyl (C=O) groups excluding carboxylic acids is 1. The van der Waals surface area contributed by atoms with E-state index in [-0.39, 0.29) is 24.4 Å². The molecular weight excluding hydrogens is 360 g/mol. The first kappa shape index (κ1) is 19.9. The Morgan fingerprint density at radius 2 is 2.00 bits per heavy atom. The van der Waals surface area contributed by atoms with Crippen LogP contribution in [0.15, 0.2) is 24.3 Å². The molecule has 0 saturated carbocycles. The van der Waals surface area contributed by atoms with Crippen molar-refractivity contribution in [2.45, 2.75) is 52.0 Å². The molecule has 2 N–H and O–H groups in total. The first-order valence-electron chi connectivity index (χ1n) is 9.77. The van der Waals surface area contributed by atoms with E-state index in [2.05, 4.69) is 38.1 Å². The quantitative estimate of drug-likeness (QED) is 0.877. The van der Waals surface area contributed by atoms with Crippen LogP contribution in [-0.2, 0) is 12.8 Å². The molecule has 1 amide bonds. The number of hydrogen-bond donors (Lipinski definition) is 1. The van der Waals surface area contributed by atoms with Crippen LogP contribution in [0, 0.1) is 12.8 Å². The summed E-state index contributed by atoms with van der Waals surface area (Å²) >= 11 is 0. The van der Waals surface area contributed by atoms with E-state index < -0.39 is 0 Å². The molecule has 0 spiro atoms. The number of likely N-dealkylation sites (tertiary alicyclic amines) is 1. The number of fused-ring (bicyclic) bond motifs is 1. The Balaban J connectivity index is 0.00000210. The van der Waals surface area contributed by atoms with Crippen LogP contribution < -0.4 is 5.73 Å². The van der Waals surface area contributed by atoms with Crippen LogP contribution >= 0.6 is 12.4 Å². The zero-order chi connectivity index (χ0) is 18.3. The highest BCUT2D eigenvalue weighted by atomic mass is 35.5. The van der Waals surface area contributed by atoms with Crippen molar-refractivity contribution in [1.82, 2.24) is 14.7 Å². The first-order chi connectivity index (χ1) is 12.6. The van der Waals surface area contributed by atoms with Crippen molar-refractivity contribution < 1.29 is 4.79 Å². The van der Waals surface area contributed by atoms with Crippen molar-refractivity contribution in [3.63, 3.8) is 0 Å². The molecule has 1 fully saturated rings. The van der Waals surface area contributed by atoms with Crippen LogP contribution in [0.2, 0.25) is 0 Å². The van der Waals surface area contributed by atoms with Gasteiger partial charge in [0.1, 0.15) is 0 Å². The second-order valence-electron chi connectivity index (χ2n) is 7.89. The topological polar surface area (TPSA) is 64.2 Å². The maximum absolute atomic E-state index is 13.3. The SMILES string of the molecule is Cc1ccc(-n2nc(C(=O)N3CCC(C)CC3CN)c3c2CCC3)cc1.Cl. The summed E-state index contributed by atoms with van der Waals surface area (Å²) in [6.45, 7) is 5.63. The molecule has 2 heterocycles. The second-order valence-corrected chi connectivity index (χ2v) is 7.89. The van der Waals surface area contributed by atoms with Gasteiger partial charge in [0.25, 0.3) is 5.91 Å². The number of piperidine rings is 1. The number of rotatable bonds is 3. The van der Waals surface area contributed by atoms with Crippen LogP contribution in [0.1, 0.15) is 53.5 Å². The van der Waals surface area contributed by atoms with Gasteiger partial charge in [0.15, 0.2) is 5.69 Å². The predicted molar refractivity (Wildman–Crippen MR) is 110 cm³/mol. The van der Waals surface area contributed by atoms with Gasteiger partial charge in [-0.05, 0) is 57.1 Å². The third-order valence-corrected chi connectivity index (χ3v) is 5.92. The second kappa shape index (κ2) is 8.03. The maximum atomic E-state index is 13.3. The van der Waals surface area contributed by atoms with Gasteiger partial charge >= 0.3 is 0 Å². The Morgan fingerprint density at radius 1 is 1.26 bits per heavy atom. The van der Waals surface area contributed by atoms with E-state index >= 15 is 0 Å². The van der Waals surface area contributed by atoms with E-state index in [1.54, 1.807) is 0 Å². The van der Waals surface area contributed by atoms with Crippen LogP contribution in [0.5, 0.6) is 0 Å². The van der Waals surface area contributed by atoms with Gasteiger partial charge in [-0.3, -0.25) is 4.79 Å². The molecule has 1 aromatic carbocycles. The molecule has 2 unspecified atom stereocenters. The first-order valence-corrected chi connectivity index (χ1v) is 9.77. The minimum atomic E-state index is 0. The van der Waals surface area contributed by atoms with E-state index in [0.29, 0.717) is 18.2 Å². The summed E-state index contributed by atoms with van der Waals surface area (Å²) in [6.07, 6.45) is 5.06. The van der Waals surface area contributed by atoms with Crippen LogP contribution in [-0.4, -0.2) is 39.7 Å². The molecular formula is C21H29ClN4O. The monoisotopic (exact) mass is 388 g/mol. The van der Waals surface area contributed by atoms with Crippen molar-refractivity contribution in [3.05, 3.63) is 46.8 Å². The summed E-state index contributed by atoms with van der Waals surface area (Å²) in [6, 6.07) is 8.49. The number of carbonyl (C=O) groups is 1. The van der Waals surface area contributed by atoms with Gasteiger partial charge in [0, 0.05) is 30.4 Å². The molecule has 146 valence electrons. The molecule has 2 aliphatic rings. The number of benzene rings is 1. The van der Waals surface area contributed by atoms with Crippen molar-refractivity contribution in [1.29, 1.82) is 0 Å². The molecule has 5 nitrogen and oxygen atoms in total. The number of aromatic nitrogens is 2. The van der Waals surface area contributed by atoms with E-state index in [0.717, 1.165) is 49.9 Å². The van der Waals surface area contributed by atoms with Gasteiger partial charge in [-0.15, -0.1) is 12.4 Å². The third kappa shape index (κ3) is 3.63. The summed E-state index contributed by atoms with van der Waals surface area (Å²) in [5.41, 5.74) is 11.2. The molecule has 4 rings (SSSR count). The number of halogens is 1. The average Bonchev–Trinajstić information content (AvgIpc) is 3.24. The van der Waals surface area contributed by atoms with Crippen molar-refractivity contribution >= 4 is 18.3 Å². The lowest BCUT2D eigenvalue weighted by Gasteiger charge is -2.37. The number of nitrogens with two attached hydrogens (primary N) is 1. The molecule has 2 atom stereocenters. The lowest BCUT2D eigenvalue weighted by atomic mass is 9.92. The van der Waals surface area contributed by atoms with Crippen LogP contribution in [0.4, 0.5) is 0 Å². The Labute approximate surface area is 167 Å². The summed E-state index contributed by atoms with van der Waals surface area (Å²) in [4.78, 5) is 15.3. The fourth-order valence-electron chi connectivity index (χ4n) is 4.39. The van der Waals surface area contributed by atoms with E-state index in [1.807, 2.05) is 9.58 Å². The van der Waals surface area contributed by atoms with E-state index in [1.165, 1.54) is 11.3 Å². The van der Waals surface area contributed by atoms with Gasteiger partial charge in [0.2, 0.25) is 0 Å². The fourth-order valence-corrected chi connectivity index (χ4v) is 4.39. The molecule has 2 aromatic rings. The average molecular weight is 389 g/mol. The Bertz CT molecular complexity index is 814. The summed E-state index contributed by atoms with van der Waals surface area (Å²) < 4.78 is 1.99. The lowest BCUT2D eigenvalue weighted by Crippen LogP contribution is -2.49. The highest BCUT2D eigenvalue weighted by Crippen LogP contribution is 2.30. The van der Waals surface area contributed by atoms with Gasteiger partial charge < -0.3 is 10.6 Å². The zero-order valence-electron chi connectivity index (χ0n) is 16.1. The minimum absolute atomic E-state index is 0. The molecule has 0 bridgehead atoms. The number of amides is 1. The minimum Gasteiger partial charge on any atom is -0.333 e. The zero-order valence-corrected chi connectivity index (χ0v) is 17.0. The van der Waals surface area contributed by atoms with E-state index in [9.17, 15) is 4.79 Å². The number of hydrogen-bond acceptors (Lipinski definition) is 3. The summed E-state index contributed by atoms with van der Waals surface area (Å²) in [5, 5.41) is 4.78. The standard InChI is InChI=1S/C21H28N4O.ClH/c1-14-6-8-16(9-7-14)25-19-5-3-4-18(19)20(23-25)21(26)24-11-10-15(2)12-17(24)13-22;/h6-9,15,17H,3-5,10-13,22H2,1-2H3;1H. The normalized spacial score (nSPS) is 21.7. The van der Waals surface area contributed by atoms with Crippen molar-refractivity contribution in [3.8, 4) is 5.69 Å². The molecule has 1 aliphatic carbocycles. The van der Waals surface area contributed by atoms with Crippen LogP contribution in [0.3, 0.4) is 0 Å². The van der Waals surface area contributed by atoms with Gasteiger partial charge in [-0.25, -0.2) is 4.68 Å². The highest BCUT2D eigenvalue weighted by Gasteiger charge is 2.34. The maximum Gasteiger partial charge on any atom is 0.274 e. The predicted octanol–water partition coefficient (Wildman–Crippen LogP) is 3.29. The third-order valence-electron chi connectivity index (χ3n) is 5.92. The molecule has 6 heteroatoms. The van der Waals surface area contributed by atoms with Crippen LogP contribution in [0.25, 0.3) is 5.69 Å². The van der Waals surface area contributed by atoms with Gasteiger partial charge in [0.05, 0.1) is 5.69 Å². The van der Waals surface area contributed by atoms with Gasteiger partial charge in [-0.2, -0.15) is 5.10 Å². The molecule has 1 aromatic heterocycles. The van der Waals surface area contributed by atoms with E-state index in [4.69, 9.17) is 10.8 Å².